The van der Waals surface area contributed by atoms with Gasteiger partial charge in [-0.3, -0.25) is 13.9 Å². The quantitative estimate of drug-likeness (QED) is 0.379. The largest absolute Gasteiger partial charge is 0.354 e. The lowest BCUT2D eigenvalue weighted by Crippen LogP contribution is -2.51. The third-order valence-electron chi connectivity index (χ3n) is 5.75. The zero-order valence-corrected chi connectivity index (χ0v) is 23.5. The number of para-hydroxylation sites is 1. The summed E-state index contributed by atoms with van der Waals surface area (Å²) in [5.74, 6) is -0.658. The Balaban J connectivity index is 2.42. The minimum atomic E-state index is -3.77. The van der Waals surface area contributed by atoms with Gasteiger partial charge in [0.1, 0.15) is 12.6 Å². The predicted molar refractivity (Wildman–Crippen MR) is 145 cm³/mol. The molecular weight excluding hydrogens is 530 g/mol. The molecule has 1 atom stereocenters. The monoisotopic (exact) mass is 565 g/mol. The number of nitrogens with zero attached hydrogens (tertiary/aromatic N) is 2. The summed E-state index contributed by atoms with van der Waals surface area (Å²) < 4.78 is 27.6. The Morgan fingerprint density at radius 1 is 1.06 bits per heavy atom. The van der Waals surface area contributed by atoms with Crippen LogP contribution in [-0.2, 0) is 26.2 Å². The van der Waals surface area contributed by atoms with Crippen LogP contribution in [0.5, 0.6) is 0 Å². The number of unbranched alkanes of at least 4 members (excludes halogenated alkanes) is 1. The Labute approximate surface area is 218 Å². The number of halogens is 1. The van der Waals surface area contributed by atoms with Crippen molar-refractivity contribution < 1.29 is 18.0 Å². The summed E-state index contributed by atoms with van der Waals surface area (Å²) in [6, 6.07) is 13.9. The summed E-state index contributed by atoms with van der Waals surface area (Å²) >= 11 is 3.45. The number of amides is 2. The molecule has 0 heterocycles. The topological polar surface area (TPSA) is 86.8 Å². The van der Waals surface area contributed by atoms with Crippen molar-refractivity contribution in [3.05, 3.63) is 64.1 Å². The third kappa shape index (κ3) is 8.35. The molecule has 2 aromatic rings. The fourth-order valence-corrected chi connectivity index (χ4v) is 5.06. The second-order valence-corrected chi connectivity index (χ2v) is 11.8. The number of anilines is 1. The molecule has 2 rings (SSSR count). The fourth-order valence-electron chi connectivity index (χ4n) is 3.75. The molecule has 0 spiro atoms. The van der Waals surface area contributed by atoms with Gasteiger partial charge < -0.3 is 10.2 Å². The molecule has 0 radical (unpaired) electrons. The van der Waals surface area contributed by atoms with Gasteiger partial charge in [0.15, 0.2) is 0 Å². The first-order valence-electron chi connectivity index (χ1n) is 11.8. The van der Waals surface area contributed by atoms with Crippen LogP contribution < -0.4 is 9.62 Å². The molecule has 192 valence electrons. The normalized spacial score (nSPS) is 12.3. The highest BCUT2D eigenvalue weighted by Gasteiger charge is 2.31. The van der Waals surface area contributed by atoms with Crippen molar-refractivity contribution in [3.8, 4) is 0 Å². The van der Waals surface area contributed by atoms with E-state index in [1.165, 1.54) is 4.90 Å². The lowest BCUT2D eigenvalue weighted by atomic mass is 10.0. The van der Waals surface area contributed by atoms with E-state index in [4.69, 9.17) is 0 Å². The van der Waals surface area contributed by atoms with Gasteiger partial charge in [0.25, 0.3) is 0 Å². The number of sulfonamides is 1. The van der Waals surface area contributed by atoms with Gasteiger partial charge in [-0.1, -0.05) is 73.5 Å². The zero-order valence-electron chi connectivity index (χ0n) is 21.1. The van der Waals surface area contributed by atoms with Gasteiger partial charge in [-0.15, -0.1) is 0 Å². The highest BCUT2D eigenvalue weighted by Crippen LogP contribution is 2.29. The maximum absolute atomic E-state index is 13.6. The first-order chi connectivity index (χ1) is 16.5. The molecule has 0 fully saturated rings. The first-order valence-corrected chi connectivity index (χ1v) is 14.5. The van der Waals surface area contributed by atoms with E-state index in [-0.39, 0.29) is 18.4 Å². The Morgan fingerprint density at radius 3 is 2.34 bits per heavy atom. The van der Waals surface area contributed by atoms with Gasteiger partial charge in [-0.2, -0.15) is 0 Å². The van der Waals surface area contributed by atoms with Gasteiger partial charge in [0.05, 0.1) is 11.9 Å². The molecule has 9 heteroatoms. The molecule has 0 saturated carbocycles. The minimum absolute atomic E-state index is 0.0617. The molecule has 0 aliphatic carbocycles. The molecular formula is C26H36BrN3O4S. The molecule has 0 unspecified atom stereocenters. The molecule has 0 saturated heterocycles. The molecule has 2 aromatic carbocycles. The molecule has 0 aliphatic rings. The Hall–Kier alpha value is -2.39. The van der Waals surface area contributed by atoms with E-state index < -0.39 is 28.5 Å². The van der Waals surface area contributed by atoms with Crippen LogP contribution in [0, 0.1) is 0 Å². The second-order valence-electron chi connectivity index (χ2n) is 8.96. The smallest absolute Gasteiger partial charge is 0.244 e. The summed E-state index contributed by atoms with van der Waals surface area (Å²) in [6.45, 7) is 7.95. The van der Waals surface area contributed by atoms with Gasteiger partial charge in [0.2, 0.25) is 21.8 Å². The van der Waals surface area contributed by atoms with Gasteiger partial charge in [-0.25, -0.2) is 8.42 Å². The van der Waals surface area contributed by atoms with Gasteiger partial charge >= 0.3 is 0 Å². The highest BCUT2D eigenvalue weighted by atomic mass is 79.9. The Bertz CT molecular complexity index is 1120. The van der Waals surface area contributed by atoms with Gasteiger partial charge in [-0.05, 0) is 48.6 Å². The second kappa shape index (κ2) is 13.1. The molecule has 0 aliphatic heterocycles. The maximum atomic E-state index is 13.6. The van der Waals surface area contributed by atoms with Crippen molar-refractivity contribution >= 4 is 43.5 Å². The molecule has 35 heavy (non-hydrogen) atoms. The third-order valence-corrected chi connectivity index (χ3v) is 7.37. The molecule has 0 bridgehead atoms. The number of nitrogens with one attached hydrogen (secondary N) is 1. The molecule has 0 aromatic heterocycles. The summed E-state index contributed by atoms with van der Waals surface area (Å²) in [4.78, 5) is 28.0. The summed E-state index contributed by atoms with van der Waals surface area (Å²) in [5.41, 5.74) is 2.13. The Kier molecular flexibility index (Phi) is 10.8. The van der Waals surface area contributed by atoms with Crippen LogP contribution in [0.25, 0.3) is 0 Å². The van der Waals surface area contributed by atoms with Crippen molar-refractivity contribution in [1.82, 2.24) is 10.2 Å². The standard InChI is InChI=1S/C26H36BrN3O4S/c1-6-7-15-28-26(32)20(4)29(17-21-11-10-12-22(27)16-21)25(31)18-30(35(5,33)34)24-14-9-8-13-23(24)19(2)3/h8-14,16,19-20H,6-7,15,17-18H2,1-5H3,(H,28,32)/t20-/m1/s1. The summed E-state index contributed by atoms with van der Waals surface area (Å²) in [7, 11) is -3.77. The van der Waals surface area contributed by atoms with Crippen LogP contribution in [0.1, 0.15) is 57.6 Å². The lowest BCUT2D eigenvalue weighted by Gasteiger charge is -2.32. The van der Waals surface area contributed by atoms with E-state index in [0.29, 0.717) is 12.2 Å². The first kappa shape index (κ1) is 28.8. The predicted octanol–water partition coefficient (Wildman–Crippen LogP) is 4.67. The zero-order chi connectivity index (χ0) is 26.2. The fraction of sp³-hybridized carbons (Fsp3) is 0.462. The molecule has 2 amide bonds. The highest BCUT2D eigenvalue weighted by molar-refractivity contribution is 9.10. The summed E-state index contributed by atoms with van der Waals surface area (Å²) in [6.07, 6.45) is 2.87. The minimum Gasteiger partial charge on any atom is -0.354 e. The SMILES string of the molecule is CCCCNC(=O)[C@@H](C)N(Cc1cccc(Br)c1)C(=O)CN(c1ccccc1C(C)C)S(C)(=O)=O. The molecule has 1 N–H and O–H groups in total. The van der Waals surface area contributed by atoms with Crippen LogP contribution in [-0.4, -0.2) is 50.5 Å². The van der Waals surface area contributed by atoms with Gasteiger partial charge in [0, 0.05) is 17.6 Å². The molecule has 7 nitrogen and oxygen atoms in total. The van der Waals surface area contributed by atoms with Crippen molar-refractivity contribution in [2.75, 3.05) is 23.7 Å². The Morgan fingerprint density at radius 2 is 1.74 bits per heavy atom. The average molecular weight is 567 g/mol. The van der Waals surface area contributed by atoms with Crippen LogP contribution >= 0.6 is 15.9 Å². The van der Waals surface area contributed by atoms with Crippen LogP contribution in [0.3, 0.4) is 0 Å². The van der Waals surface area contributed by atoms with Crippen molar-refractivity contribution in [1.29, 1.82) is 0 Å². The van der Waals surface area contributed by atoms with Crippen LogP contribution in [0.15, 0.2) is 53.0 Å². The van der Waals surface area contributed by atoms with E-state index in [0.717, 1.165) is 39.0 Å². The number of carbonyl (C=O) groups excluding carboxylic acids is 2. The van der Waals surface area contributed by atoms with E-state index in [1.54, 1.807) is 19.1 Å². The van der Waals surface area contributed by atoms with Crippen molar-refractivity contribution in [3.63, 3.8) is 0 Å². The lowest BCUT2D eigenvalue weighted by molar-refractivity contribution is -0.139. The number of benzene rings is 2. The average Bonchev–Trinajstić information content (AvgIpc) is 2.79. The van der Waals surface area contributed by atoms with Crippen LogP contribution in [0.2, 0.25) is 0 Å². The van der Waals surface area contributed by atoms with E-state index in [1.807, 2.05) is 57.2 Å². The number of rotatable bonds is 12. The van der Waals surface area contributed by atoms with E-state index >= 15 is 0 Å². The maximum Gasteiger partial charge on any atom is 0.244 e. The summed E-state index contributed by atoms with van der Waals surface area (Å²) in [5, 5.41) is 2.88. The van der Waals surface area contributed by atoms with Crippen molar-refractivity contribution in [2.45, 2.75) is 59.0 Å². The number of carbonyl (C=O) groups is 2. The van der Waals surface area contributed by atoms with E-state index in [2.05, 4.69) is 21.2 Å². The van der Waals surface area contributed by atoms with E-state index in [9.17, 15) is 18.0 Å². The van der Waals surface area contributed by atoms with Crippen molar-refractivity contribution in [2.24, 2.45) is 0 Å². The number of hydrogen-bond acceptors (Lipinski definition) is 4. The van der Waals surface area contributed by atoms with Crippen LogP contribution in [0.4, 0.5) is 5.69 Å². The number of hydrogen-bond donors (Lipinski definition) is 1.